The summed E-state index contributed by atoms with van der Waals surface area (Å²) in [6, 6.07) is 13.8. The molecular formula is C18H14N2O4Zn. The minimum Gasteiger partial charge on any atom is -0.507 e. The molecule has 0 spiro atoms. The number of hydrogen-bond donors (Lipinski definition) is 2. The Morgan fingerprint density at radius 3 is 1.36 bits per heavy atom. The fourth-order valence-corrected chi connectivity index (χ4v) is 2.02. The van der Waals surface area contributed by atoms with Gasteiger partial charge in [-0.2, -0.15) is 0 Å². The fourth-order valence-electron chi connectivity index (χ4n) is 2.02. The maximum Gasteiger partial charge on any atom is 0.229 e. The third kappa shape index (κ3) is 4.55. The summed E-state index contributed by atoms with van der Waals surface area (Å²) in [6.07, 6.45) is 6.03. The average Bonchev–Trinajstić information content (AvgIpc) is 3.30. The molecule has 6 nitrogen and oxygen atoms in total. The van der Waals surface area contributed by atoms with Gasteiger partial charge in [0.25, 0.3) is 0 Å². The summed E-state index contributed by atoms with van der Waals surface area (Å²) in [6.45, 7) is 0. The zero-order chi connectivity index (χ0) is 16.8. The van der Waals surface area contributed by atoms with Gasteiger partial charge in [-0.3, -0.25) is 0 Å². The van der Waals surface area contributed by atoms with Crippen molar-refractivity contribution >= 4 is 0 Å². The van der Waals surface area contributed by atoms with Crippen LogP contribution in [-0.4, -0.2) is 20.2 Å². The van der Waals surface area contributed by atoms with Crippen molar-refractivity contribution in [3.05, 3.63) is 73.5 Å². The van der Waals surface area contributed by atoms with Gasteiger partial charge in [0, 0.05) is 19.5 Å². The molecule has 0 atom stereocenters. The number of para-hydroxylation sites is 2. The molecule has 2 heterocycles. The van der Waals surface area contributed by atoms with Crippen LogP contribution in [0.4, 0.5) is 0 Å². The number of hydrogen-bond acceptors (Lipinski definition) is 6. The second-order valence-electron chi connectivity index (χ2n) is 4.71. The third-order valence-electron chi connectivity index (χ3n) is 3.13. The minimum absolute atomic E-state index is 0. The molecule has 4 rings (SSSR count). The molecule has 0 bridgehead atoms. The van der Waals surface area contributed by atoms with Gasteiger partial charge in [0.15, 0.2) is 0 Å². The van der Waals surface area contributed by atoms with Gasteiger partial charge in [-0.25, -0.2) is 9.97 Å². The Kier molecular flexibility index (Phi) is 6.49. The molecule has 0 radical (unpaired) electrons. The van der Waals surface area contributed by atoms with Crippen molar-refractivity contribution in [2.75, 3.05) is 0 Å². The van der Waals surface area contributed by atoms with Crippen LogP contribution in [0.25, 0.3) is 22.9 Å². The standard InChI is InChI=1S/2C9H7NO2.Zn/c2*11-8-4-2-1-3-7(8)9-10-5-6-12-9;/h2*1-6,11H;. The van der Waals surface area contributed by atoms with E-state index in [-0.39, 0.29) is 31.0 Å². The van der Waals surface area contributed by atoms with E-state index < -0.39 is 0 Å². The van der Waals surface area contributed by atoms with Crippen molar-refractivity contribution in [3.8, 4) is 34.4 Å². The third-order valence-corrected chi connectivity index (χ3v) is 3.13. The summed E-state index contributed by atoms with van der Waals surface area (Å²) < 4.78 is 10.1. The molecule has 0 unspecified atom stereocenters. The van der Waals surface area contributed by atoms with Crippen LogP contribution < -0.4 is 0 Å². The van der Waals surface area contributed by atoms with Crippen molar-refractivity contribution in [1.29, 1.82) is 0 Å². The summed E-state index contributed by atoms with van der Waals surface area (Å²) in [5.41, 5.74) is 1.23. The van der Waals surface area contributed by atoms with Crippen LogP contribution in [0.1, 0.15) is 0 Å². The van der Waals surface area contributed by atoms with Gasteiger partial charge in [0.2, 0.25) is 11.8 Å². The molecule has 0 amide bonds. The Hall–Kier alpha value is -2.92. The van der Waals surface area contributed by atoms with E-state index in [0.717, 1.165) is 0 Å². The van der Waals surface area contributed by atoms with Gasteiger partial charge < -0.3 is 19.0 Å². The van der Waals surface area contributed by atoms with Crippen LogP contribution in [0.5, 0.6) is 11.5 Å². The summed E-state index contributed by atoms with van der Waals surface area (Å²) in [7, 11) is 0. The summed E-state index contributed by atoms with van der Waals surface area (Å²) in [4.78, 5) is 7.84. The van der Waals surface area contributed by atoms with Crippen LogP contribution in [0.15, 0.2) is 82.3 Å². The summed E-state index contributed by atoms with van der Waals surface area (Å²) >= 11 is 0. The smallest absolute Gasteiger partial charge is 0.229 e. The van der Waals surface area contributed by atoms with E-state index in [0.29, 0.717) is 22.9 Å². The Morgan fingerprint density at radius 2 is 1.04 bits per heavy atom. The first kappa shape index (κ1) is 18.4. The van der Waals surface area contributed by atoms with Gasteiger partial charge in [-0.1, -0.05) is 24.3 Å². The zero-order valence-corrected chi connectivity index (χ0v) is 16.2. The Labute approximate surface area is 156 Å². The van der Waals surface area contributed by atoms with Crippen LogP contribution in [0, 0.1) is 0 Å². The molecule has 122 valence electrons. The van der Waals surface area contributed by atoms with Gasteiger partial charge in [0.1, 0.15) is 24.0 Å². The molecule has 0 aliphatic rings. The molecule has 2 N–H and O–H groups in total. The molecular weight excluding hydrogens is 374 g/mol. The maximum absolute atomic E-state index is 9.38. The molecule has 25 heavy (non-hydrogen) atoms. The van der Waals surface area contributed by atoms with Crippen LogP contribution >= 0.6 is 0 Å². The number of rotatable bonds is 2. The van der Waals surface area contributed by atoms with Crippen LogP contribution in [-0.2, 0) is 19.5 Å². The Morgan fingerprint density at radius 1 is 0.640 bits per heavy atom. The number of aromatic nitrogens is 2. The molecule has 0 fully saturated rings. The number of phenols is 2. The molecule has 0 aliphatic heterocycles. The van der Waals surface area contributed by atoms with Gasteiger partial charge in [-0.15, -0.1) is 0 Å². The number of benzene rings is 2. The SMILES string of the molecule is Oc1ccccc1-c1ncco1.Oc1ccccc1-c1ncco1.[Zn]. The first-order valence-corrected chi connectivity index (χ1v) is 7.11. The molecule has 7 heteroatoms. The largest absolute Gasteiger partial charge is 0.507 e. The number of phenolic OH excluding ortho intramolecular Hbond substituents is 2. The monoisotopic (exact) mass is 386 g/mol. The Balaban J connectivity index is 0.000000173. The first-order chi connectivity index (χ1) is 11.8. The quantitative estimate of drug-likeness (QED) is 0.503. The molecule has 0 aliphatic carbocycles. The van der Waals surface area contributed by atoms with E-state index in [1.807, 2.05) is 12.1 Å². The number of oxazole rings is 2. The van der Waals surface area contributed by atoms with E-state index in [2.05, 4.69) is 9.97 Å². The number of nitrogens with zero attached hydrogens (tertiary/aromatic N) is 2. The number of aromatic hydroxyl groups is 2. The van der Waals surface area contributed by atoms with Crippen molar-refractivity contribution in [1.82, 2.24) is 9.97 Å². The van der Waals surface area contributed by atoms with Crippen LogP contribution in [0.3, 0.4) is 0 Å². The summed E-state index contributed by atoms with van der Waals surface area (Å²) in [5, 5.41) is 18.8. The van der Waals surface area contributed by atoms with Crippen molar-refractivity contribution in [2.24, 2.45) is 0 Å². The van der Waals surface area contributed by atoms with E-state index in [9.17, 15) is 10.2 Å². The predicted molar refractivity (Wildman–Crippen MR) is 87.2 cm³/mol. The van der Waals surface area contributed by atoms with E-state index in [4.69, 9.17) is 8.83 Å². The average molecular weight is 388 g/mol. The predicted octanol–water partition coefficient (Wildman–Crippen LogP) is 4.09. The van der Waals surface area contributed by atoms with E-state index in [1.165, 1.54) is 12.5 Å². The summed E-state index contributed by atoms with van der Waals surface area (Å²) in [5.74, 6) is 1.24. The zero-order valence-electron chi connectivity index (χ0n) is 13.2. The van der Waals surface area contributed by atoms with Gasteiger partial charge in [0.05, 0.1) is 23.5 Å². The van der Waals surface area contributed by atoms with Crippen molar-refractivity contribution in [2.45, 2.75) is 0 Å². The molecule has 0 saturated heterocycles. The topological polar surface area (TPSA) is 92.5 Å². The van der Waals surface area contributed by atoms with Gasteiger partial charge >= 0.3 is 0 Å². The molecule has 0 saturated carbocycles. The fraction of sp³-hybridized carbons (Fsp3) is 0. The normalized spacial score (nSPS) is 9.60. The minimum atomic E-state index is 0. The van der Waals surface area contributed by atoms with Crippen molar-refractivity contribution < 1.29 is 38.5 Å². The molecule has 4 aromatic rings. The van der Waals surface area contributed by atoms with Crippen LogP contribution in [0.2, 0.25) is 0 Å². The first-order valence-electron chi connectivity index (χ1n) is 7.11. The Bertz CT molecular complexity index is 817. The molecule has 2 aromatic carbocycles. The molecule has 2 aromatic heterocycles. The van der Waals surface area contributed by atoms with E-state index >= 15 is 0 Å². The second-order valence-corrected chi connectivity index (χ2v) is 4.71. The maximum atomic E-state index is 9.38. The van der Waals surface area contributed by atoms with E-state index in [1.54, 1.807) is 48.8 Å². The van der Waals surface area contributed by atoms with Crippen molar-refractivity contribution in [3.63, 3.8) is 0 Å². The second kappa shape index (κ2) is 8.80. The van der Waals surface area contributed by atoms with Gasteiger partial charge in [-0.05, 0) is 24.3 Å².